The molecule has 0 aromatic heterocycles. The van der Waals surface area contributed by atoms with E-state index in [2.05, 4.69) is 19.9 Å². The molecule has 5 nitrogen and oxygen atoms in total. The highest BCUT2D eigenvalue weighted by Gasteiger charge is 2.57. The van der Waals surface area contributed by atoms with E-state index < -0.39 is 0 Å². The van der Waals surface area contributed by atoms with E-state index in [1.54, 1.807) is 12.1 Å². The van der Waals surface area contributed by atoms with Crippen LogP contribution >= 0.6 is 0 Å². The van der Waals surface area contributed by atoms with Gasteiger partial charge in [-0.1, -0.05) is 67.8 Å². The Morgan fingerprint density at radius 2 is 1.86 bits per heavy atom. The van der Waals surface area contributed by atoms with Crippen LogP contribution in [0.3, 0.4) is 0 Å². The minimum Gasteiger partial charge on any atom is -0.508 e. The van der Waals surface area contributed by atoms with Crippen LogP contribution in [0.2, 0.25) is 0 Å². The number of benzene rings is 2. The minimum atomic E-state index is -0.327. The first-order valence-corrected chi connectivity index (χ1v) is 13.3. The summed E-state index contributed by atoms with van der Waals surface area (Å²) in [6.07, 6.45) is 7.45. The number of phenols is 1. The SMILES string of the molecule is CCCC1=C2[C@@H](CC/C(=C/c3cccc(O)c3)CC)OC[C@@H]2[C@@H]2C(=O)N(c3ccccc3)C(=O)[C@@H]2C1. The lowest BCUT2D eigenvalue weighted by Gasteiger charge is -2.32. The van der Waals surface area contributed by atoms with Crippen LogP contribution in [0.1, 0.15) is 57.9 Å². The molecular formula is C31H35NO4. The van der Waals surface area contributed by atoms with Crippen molar-refractivity contribution in [2.24, 2.45) is 17.8 Å². The molecule has 2 aromatic rings. The summed E-state index contributed by atoms with van der Waals surface area (Å²) in [5, 5.41) is 9.81. The summed E-state index contributed by atoms with van der Waals surface area (Å²) in [7, 11) is 0. The van der Waals surface area contributed by atoms with E-state index in [1.165, 1.54) is 21.6 Å². The Bertz CT molecular complexity index is 1200. The summed E-state index contributed by atoms with van der Waals surface area (Å²) >= 11 is 0. The van der Waals surface area contributed by atoms with Crippen LogP contribution in [0, 0.1) is 17.8 Å². The van der Waals surface area contributed by atoms with Crippen LogP contribution in [0.4, 0.5) is 5.69 Å². The van der Waals surface area contributed by atoms with E-state index in [9.17, 15) is 14.7 Å². The van der Waals surface area contributed by atoms with Crippen LogP contribution in [0.5, 0.6) is 5.75 Å². The lowest BCUT2D eigenvalue weighted by atomic mass is 9.68. The number of nitrogens with zero attached hydrogens (tertiary/aromatic N) is 1. The molecule has 5 rings (SSSR count). The number of hydrogen-bond donors (Lipinski definition) is 1. The van der Waals surface area contributed by atoms with Gasteiger partial charge in [-0.3, -0.25) is 14.5 Å². The Morgan fingerprint density at radius 3 is 2.58 bits per heavy atom. The highest BCUT2D eigenvalue weighted by Crippen LogP contribution is 2.51. The molecule has 4 atom stereocenters. The van der Waals surface area contributed by atoms with Gasteiger partial charge >= 0.3 is 0 Å². The first-order chi connectivity index (χ1) is 17.5. The first kappa shape index (κ1) is 24.5. The van der Waals surface area contributed by atoms with Gasteiger partial charge in [-0.15, -0.1) is 0 Å². The van der Waals surface area contributed by atoms with E-state index in [-0.39, 0.29) is 41.4 Å². The summed E-state index contributed by atoms with van der Waals surface area (Å²) < 4.78 is 6.37. The van der Waals surface area contributed by atoms with Crippen molar-refractivity contribution >= 4 is 23.6 Å². The summed E-state index contributed by atoms with van der Waals surface area (Å²) in [4.78, 5) is 28.5. The monoisotopic (exact) mass is 485 g/mol. The second-order valence-corrected chi connectivity index (χ2v) is 10.2. The molecule has 3 aliphatic rings. The zero-order valence-electron chi connectivity index (χ0n) is 21.2. The molecule has 5 heteroatoms. The summed E-state index contributed by atoms with van der Waals surface area (Å²) in [6, 6.07) is 16.6. The van der Waals surface area contributed by atoms with Crippen molar-refractivity contribution in [2.45, 2.75) is 58.5 Å². The van der Waals surface area contributed by atoms with Crippen molar-refractivity contribution in [3.63, 3.8) is 0 Å². The lowest BCUT2D eigenvalue weighted by molar-refractivity contribution is -0.122. The molecule has 2 aromatic carbocycles. The second kappa shape index (κ2) is 10.4. The third-order valence-corrected chi connectivity index (χ3v) is 8.00. The zero-order chi connectivity index (χ0) is 25.2. The van der Waals surface area contributed by atoms with Crippen LogP contribution < -0.4 is 4.90 Å². The van der Waals surface area contributed by atoms with Gasteiger partial charge in [0, 0.05) is 5.92 Å². The molecular weight excluding hydrogens is 450 g/mol. The molecule has 2 heterocycles. The Hall–Kier alpha value is -3.18. The number of allylic oxidation sites excluding steroid dienone is 2. The Labute approximate surface area is 213 Å². The number of hydrogen-bond acceptors (Lipinski definition) is 4. The number of phenolic OH excluding ortho intramolecular Hbond substituents is 1. The van der Waals surface area contributed by atoms with E-state index in [1.807, 2.05) is 42.5 Å². The highest BCUT2D eigenvalue weighted by molar-refractivity contribution is 6.22. The van der Waals surface area contributed by atoms with Crippen molar-refractivity contribution < 1.29 is 19.4 Å². The molecule has 0 saturated carbocycles. The third-order valence-electron chi connectivity index (χ3n) is 8.00. The number of rotatable bonds is 8. The van der Waals surface area contributed by atoms with Gasteiger partial charge in [-0.2, -0.15) is 0 Å². The molecule has 1 N–H and O–H groups in total. The van der Waals surface area contributed by atoms with Crippen LogP contribution in [-0.4, -0.2) is 29.6 Å². The molecule has 0 spiro atoms. The summed E-state index contributed by atoms with van der Waals surface area (Å²) in [6.45, 7) is 4.83. The average Bonchev–Trinajstić information content (AvgIpc) is 3.41. The molecule has 2 aliphatic heterocycles. The highest BCUT2D eigenvalue weighted by atomic mass is 16.5. The molecule has 36 heavy (non-hydrogen) atoms. The van der Waals surface area contributed by atoms with Gasteiger partial charge in [0.25, 0.3) is 0 Å². The van der Waals surface area contributed by atoms with Crippen LogP contribution in [0.25, 0.3) is 6.08 Å². The number of para-hydroxylation sites is 1. The summed E-state index contributed by atoms with van der Waals surface area (Å²) in [5.74, 6) is -0.488. The van der Waals surface area contributed by atoms with E-state index in [0.29, 0.717) is 18.7 Å². The summed E-state index contributed by atoms with van der Waals surface area (Å²) in [5.41, 5.74) is 5.60. The van der Waals surface area contributed by atoms with E-state index >= 15 is 0 Å². The van der Waals surface area contributed by atoms with Crippen molar-refractivity contribution in [2.75, 3.05) is 11.5 Å². The number of carbonyl (C=O) groups excluding carboxylic acids is 2. The molecule has 188 valence electrons. The van der Waals surface area contributed by atoms with Crippen molar-refractivity contribution in [1.29, 1.82) is 0 Å². The average molecular weight is 486 g/mol. The smallest absolute Gasteiger partial charge is 0.238 e. The predicted molar refractivity (Wildman–Crippen MR) is 141 cm³/mol. The van der Waals surface area contributed by atoms with Gasteiger partial charge in [-0.05, 0) is 67.5 Å². The van der Waals surface area contributed by atoms with Crippen molar-refractivity contribution in [1.82, 2.24) is 0 Å². The van der Waals surface area contributed by atoms with Crippen LogP contribution in [-0.2, 0) is 14.3 Å². The number of fused-ring (bicyclic) bond motifs is 3. The fourth-order valence-corrected chi connectivity index (χ4v) is 6.36. The maximum Gasteiger partial charge on any atom is 0.238 e. The Morgan fingerprint density at radius 1 is 1.06 bits per heavy atom. The Balaban J connectivity index is 1.38. The molecule has 2 saturated heterocycles. The van der Waals surface area contributed by atoms with Gasteiger partial charge in [-0.25, -0.2) is 0 Å². The topological polar surface area (TPSA) is 66.8 Å². The van der Waals surface area contributed by atoms with Crippen LogP contribution in [0.15, 0.2) is 71.3 Å². The maximum atomic E-state index is 13.6. The van der Waals surface area contributed by atoms with Gasteiger partial charge in [0.05, 0.1) is 30.2 Å². The fraction of sp³-hybridized carbons (Fsp3) is 0.419. The van der Waals surface area contributed by atoms with Crippen molar-refractivity contribution in [3.05, 3.63) is 76.9 Å². The first-order valence-electron chi connectivity index (χ1n) is 13.3. The normalized spacial score (nSPS) is 25.9. The standard InChI is InChI=1S/C31H35NO4/c1-3-9-22-18-25-29(31(35)32(30(25)34)23-11-6-5-7-12-23)26-19-36-27(28(22)26)15-14-20(4-2)16-21-10-8-13-24(33)17-21/h5-8,10-13,16-17,25-27,29,33H,3-4,9,14-15,18-19H2,1-2H3/b20-16+/t25-,26+,27-,29-/m1/s1. The number of carbonyl (C=O) groups is 2. The van der Waals surface area contributed by atoms with Gasteiger partial charge in [0.15, 0.2) is 0 Å². The molecule has 1 aliphatic carbocycles. The zero-order valence-corrected chi connectivity index (χ0v) is 21.2. The van der Waals surface area contributed by atoms with Gasteiger partial charge in [0.2, 0.25) is 11.8 Å². The largest absolute Gasteiger partial charge is 0.508 e. The van der Waals surface area contributed by atoms with E-state index in [4.69, 9.17) is 4.74 Å². The quantitative estimate of drug-likeness (QED) is 0.353. The number of ether oxygens (including phenoxy) is 1. The third kappa shape index (κ3) is 4.53. The molecule has 0 unspecified atom stereocenters. The van der Waals surface area contributed by atoms with Gasteiger partial charge in [0.1, 0.15) is 5.75 Å². The lowest BCUT2D eigenvalue weighted by Crippen LogP contribution is -2.34. The number of aromatic hydroxyl groups is 1. The molecule has 0 radical (unpaired) electrons. The molecule has 2 fully saturated rings. The predicted octanol–water partition coefficient (Wildman–Crippen LogP) is 6.29. The number of anilines is 1. The van der Waals surface area contributed by atoms with Gasteiger partial charge < -0.3 is 9.84 Å². The van der Waals surface area contributed by atoms with Crippen molar-refractivity contribution in [3.8, 4) is 5.75 Å². The maximum absolute atomic E-state index is 13.6. The fourth-order valence-electron chi connectivity index (χ4n) is 6.36. The minimum absolute atomic E-state index is 0.00898. The number of imide groups is 1. The second-order valence-electron chi connectivity index (χ2n) is 10.2. The molecule has 2 amide bonds. The molecule has 0 bridgehead atoms. The van der Waals surface area contributed by atoms with E-state index in [0.717, 1.165) is 37.7 Å². The number of amides is 2. The Kier molecular flexibility index (Phi) is 7.10.